The van der Waals surface area contributed by atoms with Gasteiger partial charge in [0.2, 0.25) is 0 Å². The lowest BCUT2D eigenvalue weighted by Crippen LogP contribution is -2.54. The van der Waals surface area contributed by atoms with Gasteiger partial charge in [-0.25, -0.2) is 0 Å². The summed E-state index contributed by atoms with van der Waals surface area (Å²) in [5, 5.41) is 2.68. The van der Waals surface area contributed by atoms with Gasteiger partial charge >= 0.3 is 0 Å². The van der Waals surface area contributed by atoms with Crippen LogP contribution in [0.5, 0.6) is 11.5 Å². The van der Waals surface area contributed by atoms with Gasteiger partial charge in [-0.15, -0.1) is 0 Å². The van der Waals surface area contributed by atoms with E-state index < -0.39 is 11.8 Å². The fourth-order valence-corrected chi connectivity index (χ4v) is 4.05. The monoisotopic (exact) mass is 516 g/mol. The lowest BCUT2D eigenvalue weighted by atomic mass is 10.0. The van der Waals surface area contributed by atoms with Crippen molar-refractivity contribution in [2.75, 3.05) is 12.0 Å². The predicted octanol–water partition coefficient (Wildman–Crippen LogP) is 5.08. The van der Waals surface area contributed by atoms with E-state index in [9.17, 15) is 9.59 Å². The molecule has 0 unspecified atom stereocenters. The maximum absolute atomic E-state index is 13.3. The third-order valence-corrected chi connectivity index (χ3v) is 6.04. The van der Waals surface area contributed by atoms with Crippen molar-refractivity contribution >= 4 is 56.8 Å². The van der Waals surface area contributed by atoms with Crippen LogP contribution in [0, 0.1) is 13.8 Å². The third kappa shape index (κ3) is 4.86. The molecule has 2 amide bonds. The number of amides is 2. The number of anilines is 1. The molecular formula is C24H25BrN2O4S. The maximum atomic E-state index is 13.3. The van der Waals surface area contributed by atoms with Crippen molar-refractivity contribution in [1.82, 2.24) is 5.32 Å². The minimum Gasteiger partial charge on any atom is -0.493 e. The predicted molar refractivity (Wildman–Crippen MR) is 133 cm³/mol. The second-order valence-corrected chi connectivity index (χ2v) is 8.86. The van der Waals surface area contributed by atoms with E-state index in [1.54, 1.807) is 19.2 Å². The molecule has 0 saturated carbocycles. The van der Waals surface area contributed by atoms with Crippen LogP contribution in [0.1, 0.15) is 37.0 Å². The summed E-state index contributed by atoms with van der Waals surface area (Å²) in [6.45, 7) is 7.83. The summed E-state index contributed by atoms with van der Waals surface area (Å²) in [7, 11) is 1.54. The van der Waals surface area contributed by atoms with Crippen molar-refractivity contribution in [3.05, 3.63) is 57.1 Å². The number of carbonyl (C=O) groups is 2. The number of nitrogens with one attached hydrogen (secondary N) is 1. The van der Waals surface area contributed by atoms with E-state index in [2.05, 4.69) is 21.2 Å². The molecule has 1 fully saturated rings. The normalized spacial score (nSPS) is 16.2. The maximum Gasteiger partial charge on any atom is 0.270 e. The third-order valence-electron chi connectivity index (χ3n) is 5.16. The summed E-state index contributed by atoms with van der Waals surface area (Å²) < 4.78 is 12.1. The zero-order chi connectivity index (χ0) is 23.6. The minimum absolute atomic E-state index is 0.00208. The molecule has 2 aromatic rings. The Labute approximate surface area is 201 Å². The van der Waals surface area contributed by atoms with Crippen molar-refractivity contribution in [2.45, 2.75) is 40.2 Å². The number of nitrogens with zero attached hydrogens (tertiary/aromatic N) is 1. The molecule has 0 aliphatic carbocycles. The van der Waals surface area contributed by atoms with Crippen molar-refractivity contribution in [1.29, 1.82) is 0 Å². The van der Waals surface area contributed by atoms with E-state index in [4.69, 9.17) is 21.7 Å². The number of thiocarbonyl (C=S) groups is 1. The zero-order valence-corrected chi connectivity index (χ0v) is 21.0. The largest absolute Gasteiger partial charge is 0.493 e. The topological polar surface area (TPSA) is 67.9 Å². The van der Waals surface area contributed by atoms with Gasteiger partial charge < -0.3 is 9.47 Å². The Morgan fingerprint density at radius 2 is 1.94 bits per heavy atom. The standard InChI is InChI=1S/C24H25BrN2O4S/c1-6-15(4)31-21-18(25)11-16(12-20(21)30-5)10-17-22(28)26-24(32)27(23(17)29)19-9-13(2)7-8-14(19)3/h7-12,15H,6H2,1-5H3,(H,26,28,32)/b17-10+/t15-/m1/s1. The minimum atomic E-state index is -0.545. The first-order valence-electron chi connectivity index (χ1n) is 10.2. The fourth-order valence-electron chi connectivity index (χ4n) is 3.23. The highest BCUT2D eigenvalue weighted by molar-refractivity contribution is 9.10. The van der Waals surface area contributed by atoms with E-state index >= 15 is 0 Å². The van der Waals surface area contributed by atoms with Gasteiger partial charge in [0.25, 0.3) is 11.8 Å². The quantitative estimate of drug-likeness (QED) is 0.329. The van der Waals surface area contributed by atoms with E-state index in [0.717, 1.165) is 17.5 Å². The van der Waals surface area contributed by atoms with E-state index in [-0.39, 0.29) is 16.8 Å². The van der Waals surface area contributed by atoms with Gasteiger partial charge in [0, 0.05) is 0 Å². The van der Waals surface area contributed by atoms with Gasteiger partial charge in [0.1, 0.15) is 5.57 Å². The SMILES string of the molecule is CC[C@@H](C)Oc1c(Br)cc(/C=C2\C(=O)NC(=S)N(c3cc(C)ccc3C)C2=O)cc1OC. The van der Waals surface area contributed by atoms with E-state index in [0.29, 0.717) is 27.2 Å². The summed E-state index contributed by atoms with van der Waals surface area (Å²) in [6.07, 6.45) is 2.37. The molecule has 1 aliphatic heterocycles. The molecule has 1 atom stereocenters. The fraction of sp³-hybridized carbons (Fsp3) is 0.292. The smallest absolute Gasteiger partial charge is 0.270 e. The number of halogens is 1. The number of methoxy groups -OCH3 is 1. The molecule has 2 aromatic carbocycles. The summed E-state index contributed by atoms with van der Waals surface area (Å²) in [4.78, 5) is 27.4. The van der Waals surface area contributed by atoms with Crippen molar-refractivity contribution < 1.29 is 19.1 Å². The second-order valence-electron chi connectivity index (χ2n) is 7.62. The Morgan fingerprint density at radius 1 is 1.22 bits per heavy atom. The molecule has 1 saturated heterocycles. The van der Waals surface area contributed by atoms with Crippen molar-refractivity contribution in [3.63, 3.8) is 0 Å². The first kappa shape index (κ1) is 23.9. The molecule has 1 N–H and O–H groups in total. The van der Waals surface area contributed by atoms with Crippen LogP contribution >= 0.6 is 28.1 Å². The number of hydrogen-bond acceptors (Lipinski definition) is 5. The summed E-state index contributed by atoms with van der Waals surface area (Å²) in [6, 6.07) is 9.25. The van der Waals surface area contributed by atoms with E-state index in [1.807, 2.05) is 45.9 Å². The van der Waals surface area contributed by atoms with Crippen molar-refractivity contribution in [3.8, 4) is 11.5 Å². The molecule has 168 valence electrons. The molecule has 8 heteroatoms. The van der Waals surface area contributed by atoms with Crippen LogP contribution in [0.4, 0.5) is 5.69 Å². The average molecular weight is 517 g/mol. The molecule has 6 nitrogen and oxygen atoms in total. The summed E-state index contributed by atoms with van der Waals surface area (Å²) in [5.41, 5.74) is 3.08. The zero-order valence-electron chi connectivity index (χ0n) is 18.6. The second kappa shape index (κ2) is 9.83. The molecule has 0 spiro atoms. The Bertz CT molecular complexity index is 1130. The number of benzene rings is 2. The highest BCUT2D eigenvalue weighted by Crippen LogP contribution is 2.38. The van der Waals surface area contributed by atoms with Gasteiger partial charge in [0.15, 0.2) is 16.6 Å². The van der Waals surface area contributed by atoms with Gasteiger partial charge in [-0.2, -0.15) is 0 Å². The molecule has 0 aromatic heterocycles. The van der Waals surface area contributed by atoms with E-state index in [1.165, 1.54) is 11.0 Å². The number of ether oxygens (including phenoxy) is 2. The van der Waals surface area contributed by atoms with Crippen LogP contribution in [0.2, 0.25) is 0 Å². The molecule has 1 aliphatic rings. The average Bonchev–Trinajstić information content (AvgIpc) is 2.74. The molecular weight excluding hydrogens is 492 g/mol. The van der Waals surface area contributed by atoms with Gasteiger partial charge in [-0.05, 0) is 96.3 Å². The van der Waals surface area contributed by atoms with Gasteiger partial charge in [-0.1, -0.05) is 19.1 Å². The highest BCUT2D eigenvalue weighted by atomic mass is 79.9. The first-order valence-corrected chi connectivity index (χ1v) is 11.4. The number of aryl methyl sites for hydroxylation is 2. The number of rotatable bonds is 6. The molecule has 32 heavy (non-hydrogen) atoms. The first-order chi connectivity index (χ1) is 15.2. The Morgan fingerprint density at radius 3 is 2.59 bits per heavy atom. The lowest BCUT2D eigenvalue weighted by Gasteiger charge is -2.30. The number of hydrogen-bond donors (Lipinski definition) is 1. The Balaban J connectivity index is 2.04. The highest BCUT2D eigenvalue weighted by Gasteiger charge is 2.35. The van der Waals surface area contributed by atoms with Gasteiger partial charge in [0.05, 0.1) is 23.4 Å². The van der Waals surface area contributed by atoms with Gasteiger partial charge in [-0.3, -0.25) is 19.8 Å². The molecule has 0 radical (unpaired) electrons. The van der Waals surface area contributed by atoms with Crippen molar-refractivity contribution in [2.24, 2.45) is 0 Å². The Hall–Kier alpha value is -2.71. The molecule has 3 rings (SSSR count). The van der Waals surface area contributed by atoms with Crippen LogP contribution < -0.4 is 19.7 Å². The number of carbonyl (C=O) groups excluding carboxylic acids is 2. The summed E-state index contributed by atoms with van der Waals surface area (Å²) >= 11 is 8.83. The van der Waals surface area contributed by atoms with Crippen LogP contribution in [0.3, 0.4) is 0 Å². The van der Waals surface area contributed by atoms with Crippen LogP contribution in [-0.2, 0) is 9.59 Å². The molecule has 1 heterocycles. The van der Waals surface area contributed by atoms with Crippen LogP contribution in [0.25, 0.3) is 6.08 Å². The lowest BCUT2D eigenvalue weighted by molar-refractivity contribution is -0.122. The van der Waals surface area contributed by atoms with Crippen LogP contribution in [-0.4, -0.2) is 30.1 Å². The summed E-state index contributed by atoms with van der Waals surface area (Å²) in [5.74, 6) is 0.0396. The Kier molecular flexibility index (Phi) is 7.36. The molecule has 0 bridgehead atoms. The van der Waals surface area contributed by atoms with Crippen LogP contribution in [0.15, 0.2) is 40.4 Å².